The molecule has 3 aliphatic rings. The molecule has 0 bridgehead atoms. The third kappa shape index (κ3) is 3.88. The highest BCUT2D eigenvalue weighted by Crippen LogP contribution is 2.54. The number of anilines is 1. The van der Waals surface area contributed by atoms with Gasteiger partial charge in [0.2, 0.25) is 17.7 Å². The molecule has 5 atom stereocenters. The molecule has 3 N–H and O–H groups in total. The van der Waals surface area contributed by atoms with Crippen molar-refractivity contribution in [2.45, 2.75) is 24.1 Å². The Morgan fingerprint density at radius 2 is 1.70 bits per heavy atom. The average molecular weight is 562 g/mol. The normalized spacial score (nSPS) is 25.6. The number of hydrogen-bond acceptors (Lipinski definition) is 7. The predicted molar refractivity (Wildman–Crippen MR) is 147 cm³/mol. The molecule has 1 spiro atoms. The molecule has 206 valence electrons. The number of imide groups is 1. The van der Waals surface area contributed by atoms with Crippen LogP contribution in [0.4, 0.5) is 5.69 Å². The molecule has 0 saturated carbocycles. The summed E-state index contributed by atoms with van der Waals surface area (Å²) in [6.45, 7) is 0.114. The smallest absolute Gasteiger partial charge is 0.250 e. The van der Waals surface area contributed by atoms with E-state index in [1.807, 2.05) is 12.1 Å². The molecular weight excluding hydrogens is 534 g/mol. The molecule has 0 radical (unpaired) electrons. The number of aliphatic hydroxyl groups excluding tert-OH is 1. The number of nitrogens with zero attached hydrogens (tertiary/aromatic N) is 1. The van der Waals surface area contributed by atoms with Gasteiger partial charge in [0.05, 0.1) is 38.2 Å². The fourth-order valence-corrected chi connectivity index (χ4v) is 6.51. The van der Waals surface area contributed by atoms with Gasteiger partial charge in [0.25, 0.3) is 0 Å². The molecule has 3 aliphatic heterocycles. The number of amides is 3. The lowest BCUT2D eigenvalue weighted by atomic mass is 9.76. The summed E-state index contributed by atoms with van der Waals surface area (Å²) >= 11 is 6.05. The van der Waals surface area contributed by atoms with Gasteiger partial charge in [-0.3, -0.25) is 24.6 Å². The summed E-state index contributed by atoms with van der Waals surface area (Å²) in [4.78, 5) is 42.9. The van der Waals surface area contributed by atoms with E-state index >= 15 is 0 Å². The van der Waals surface area contributed by atoms with Gasteiger partial charge < -0.3 is 19.9 Å². The van der Waals surface area contributed by atoms with E-state index in [1.54, 1.807) is 68.8 Å². The zero-order valence-corrected chi connectivity index (χ0v) is 22.6. The van der Waals surface area contributed by atoms with Gasteiger partial charge in [-0.25, -0.2) is 0 Å². The van der Waals surface area contributed by atoms with Crippen LogP contribution in [0.25, 0.3) is 0 Å². The zero-order chi connectivity index (χ0) is 28.2. The van der Waals surface area contributed by atoms with Crippen LogP contribution in [0.1, 0.15) is 22.8 Å². The quantitative estimate of drug-likeness (QED) is 0.380. The molecule has 2 fully saturated rings. The Labute approximate surface area is 236 Å². The number of para-hydroxylation sites is 1. The van der Waals surface area contributed by atoms with Crippen LogP contribution in [0, 0.1) is 11.8 Å². The minimum atomic E-state index is -1.50. The maximum Gasteiger partial charge on any atom is 0.250 e. The van der Waals surface area contributed by atoms with Gasteiger partial charge in [0, 0.05) is 22.8 Å². The van der Waals surface area contributed by atoms with Crippen molar-refractivity contribution in [2.24, 2.45) is 11.8 Å². The van der Waals surface area contributed by atoms with Crippen molar-refractivity contribution in [3.63, 3.8) is 0 Å². The number of ether oxygens (including phenoxy) is 2. The standard InChI is InChI=1S/C30H28ClN3O6/c1-39-21-12-7-16(15-22(21)40-2)13-14-34-27(36)23-24(28(34)37)30(19-5-3-4-6-20(19)32-29(30)38)33-25(23)26(35)17-8-10-18(31)11-9-17/h3-12,15,23-26,33,35H,13-14H2,1-2H3,(H,32,38)/t23-,24-,25-,26-,30-/m0/s1. The number of halogens is 1. The summed E-state index contributed by atoms with van der Waals surface area (Å²) in [5, 5.41) is 18.1. The maximum atomic E-state index is 14.0. The second-order valence-corrected chi connectivity index (χ2v) is 10.7. The first kappa shape index (κ1) is 26.3. The van der Waals surface area contributed by atoms with Gasteiger partial charge in [-0.2, -0.15) is 0 Å². The molecule has 0 aromatic heterocycles. The molecule has 2 saturated heterocycles. The van der Waals surface area contributed by atoms with Gasteiger partial charge in [0.15, 0.2) is 11.5 Å². The van der Waals surface area contributed by atoms with Crippen LogP contribution in [-0.2, 0) is 26.3 Å². The van der Waals surface area contributed by atoms with Crippen LogP contribution < -0.4 is 20.1 Å². The Balaban J connectivity index is 1.37. The Kier molecular flexibility index (Phi) is 6.53. The number of nitrogens with one attached hydrogen (secondary N) is 2. The summed E-state index contributed by atoms with van der Waals surface area (Å²) in [6.07, 6.45) is -0.794. The van der Waals surface area contributed by atoms with Crippen molar-refractivity contribution in [2.75, 3.05) is 26.1 Å². The van der Waals surface area contributed by atoms with Crippen LogP contribution in [0.3, 0.4) is 0 Å². The van der Waals surface area contributed by atoms with E-state index in [1.165, 1.54) is 4.90 Å². The lowest BCUT2D eigenvalue weighted by Crippen LogP contribution is -2.54. The number of carbonyl (C=O) groups excluding carboxylic acids is 3. The van der Waals surface area contributed by atoms with E-state index in [0.717, 1.165) is 5.56 Å². The highest BCUT2D eigenvalue weighted by molar-refractivity contribution is 6.30. The first-order valence-corrected chi connectivity index (χ1v) is 13.4. The monoisotopic (exact) mass is 561 g/mol. The number of aliphatic hydroxyl groups is 1. The predicted octanol–water partition coefficient (Wildman–Crippen LogP) is 3.05. The van der Waals surface area contributed by atoms with Gasteiger partial charge in [0.1, 0.15) is 5.54 Å². The van der Waals surface area contributed by atoms with E-state index in [0.29, 0.717) is 39.8 Å². The van der Waals surface area contributed by atoms with Crippen LogP contribution in [0.15, 0.2) is 66.7 Å². The lowest BCUT2D eigenvalue weighted by Gasteiger charge is -2.30. The molecule has 0 aliphatic carbocycles. The third-order valence-corrected chi connectivity index (χ3v) is 8.52. The Hall–Kier alpha value is -3.92. The molecule has 40 heavy (non-hydrogen) atoms. The minimum absolute atomic E-state index is 0.114. The third-order valence-electron chi connectivity index (χ3n) is 8.27. The number of carbonyl (C=O) groups is 3. The molecule has 6 rings (SSSR count). The van der Waals surface area contributed by atoms with E-state index in [-0.39, 0.29) is 6.54 Å². The van der Waals surface area contributed by atoms with Crippen molar-refractivity contribution < 1.29 is 29.0 Å². The topological polar surface area (TPSA) is 117 Å². The summed E-state index contributed by atoms with van der Waals surface area (Å²) in [5.41, 5.74) is 1.04. The average Bonchev–Trinajstić information content (AvgIpc) is 3.56. The van der Waals surface area contributed by atoms with Crippen molar-refractivity contribution in [3.05, 3.63) is 88.4 Å². The van der Waals surface area contributed by atoms with Crippen molar-refractivity contribution >= 4 is 35.0 Å². The largest absolute Gasteiger partial charge is 0.493 e. The van der Waals surface area contributed by atoms with E-state index in [2.05, 4.69) is 10.6 Å². The minimum Gasteiger partial charge on any atom is -0.493 e. The highest BCUT2D eigenvalue weighted by atomic mass is 35.5. The Morgan fingerprint density at radius 1 is 0.975 bits per heavy atom. The van der Waals surface area contributed by atoms with E-state index in [4.69, 9.17) is 21.1 Å². The molecule has 9 nitrogen and oxygen atoms in total. The number of rotatable bonds is 7. The second-order valence-electron chi connectivity index (χ2n) is 10.2. The van der Waals surface area contributed by atoms with Crippen LogP contribution in [0.2, 0.25) is 5.02 Å². The zero-order valence-electron chi connectivity index (χ0n) is 21.9. The summed E-state index contributed by atoms with van der Waals surface area (Å²) < 4.78 is 10.7. The first-order valence-electron chi connectivity index (χ1n) is 13.0. The number of likely N-dealkylation sites (tertiary alicyclic amines) is 1. The number of methoxy groups -OCH3 is 2. The molecule has 3 amide bonds. The number of hydrogen-bond donors (Lipinski definition) is 3. The van der Waals surface area contributed by atoms with Crippen LogP contribution >= 0.6 is 11.6 Å². The molecule has 3 aromatic rings. The van der Waals surface area contributed by atoms with Gasteiger partial charge >= 0.3 is 0 Å². The molecule has 0 unspecified atom stereocenters. The van der Waals surface area contributed by atoms with Gasteiger partial charge in [-0.1, -0.05) is 48.0 Å². The molecule has 10 heteroatoms. The highest BCUT2D eigenvalue weighted by Gasteiger charge is 2.71. The number of benzene rings is 3. The van der Waals surface area contributed by atoms with Crippen LogP contribution in [-0.4, -0.2) is 54.5 Å². The Bertz CT molecular complexity index is 1510. The fourth-order valence-electron chi connectivity index (χ4n) is 6.38. The first-order chi connectivity index (χ1) is 19.3. The summed E-state index contributed by atoms with van der Waals surface area (Å²) in [6, 6.07) is 18.3. The van der Waals surface area contributed by atoms with E-state index < -0.39 is 47.2 Å². The summed E-state index contributed by atoms with van der Waals surface area (Å²) in [5.74, 6) is -2.15. The number of fused-ring (bicyclic) bond motifs is 4. The molecular formula is C30H28ClN3O6. The fraction of sp³-hybridized carbons (Fsp3) is 0.300. The summed E-state index contributed by atoms with van der Waals surface area (Å²) in [7, 11) is 3.09. The lowest BCUT2D eigenvalue weighted by molar-refractivity contribution is -0.143. The van der Waals surface area contributed by atoms with E-state index in [9.17, 15) is 19.5 Å². The Morgan fingerprint density at radius 3 is 2.42 bits per heavy atom. The molecule has 3 aromatic carbocycles. The van der Waals surface area contributed by atoms with Gasteiger partial charge in [-0.15, -0.1) is 0 Å². The van der Waals surface area contributed by atoms with Crippen molar-refractivity contribution in [3.8, 4) is 11.5 Å². The van der Waals surface area contributed by atoms with Crippen LogP contribution in [0.5, 0.6) is 11.5 Å². The second kappa shape index (κ2) is 9.92. The van der Waals surface area contributed by atoms with Gasteiger partial charge in [-0.05, 0) is 47.9 Å². The maximum absolute atomic E-state index is 14.0. The van der Waals surface area contributed by atoms with Crippen molar-refractivity contribution in [1.29, 1.82) is 0 Å². The molecule has 3 heterocycles. The van der Waals surface area contributed by atoms with Crippen molar-refractivity contribution in [1.82, 2.24) is 10.2 Å². The SMILES string of the molecule is COc1ccc(CCN2C(=O)[C@@H]3[C@@H]([C@@H](O)c4ccc(Cl)cc4)N[C@]4(C(=O)Nc5ccccc54)[C@@H]3C2=O)cc1OC.